The molecule has 2 aromatic rings. The summed E-state index contributed by atoms with van der Waals surface area (Å²) >= 11 is 0. The van der Waals surface area contributed by atoms with Crippen molar-refractivity contribution in [1.29, 1.82) is 0 Å². The van der Waals surface area contributed by atoms with E-state index in [1.807, 2.05) is 19.1 Å². The van der Waals surface area contributed by atoms with Crippen molar-refractivity contribution in [2.75, 3.05) is 44.2 Å². The minimum atomic E-state index is -0.639. The maximum Gasteiger partial charge on any atom is 0.309 e. The lowest BCUT2D eigenvalue weighted by molar-refractivity contribution is -0.139. The molecule has 3 rings (SSSR count). The number of halogens is 1. The quantitative estimate of drug-likeness (QED) is 0.692. The van der Waals surface area contributed by atoms with Crippen LogP contribution in [-0.4, -0.2) is 56.0 Å². The normalized spacial score (nSPS) is 15.7. The second kappa shape index (κ2) is 10.1. The first-order valence-corrected chi connectivity index (χ1v) is 9.92. The number of hydrogen-bond donors (Lipinski definition) is 2. The van der Waals surface area contributed by atoms with Crippen LogP contribution in [-0.2, 0) is 9.59 Å². The van der Waals surface area contributed by atoms with E-state index in [1.54, 1.807) is 18.4 Å². The molecule has 1 aromatic heterocycles. The van der Waals surface area contributed by atoms with E-state index in [9.17, 15) is 14.0 Å². The van der Waals surface area contributed by atoms with Gasteiger partial charge in [0.25, 0.3) is 0 Å². The lowest BCUT2D eigenvalue weighted by Gasteiger charge is -2.39. The number of carbonyl (C=O) groups excluding carboxylic acids is 2. The lowest BCUT2D eigenvalue weighted by Crippen LogP contribution is -2.50. The van der Waals surface area contributed by atoms with Gasteiger partial charge in [-0.2, -0.15) is 0 Å². The van der Waals surface area contributed by atoms with Gasteiger partial charge in [0, 0.05) is 45.0 Å². The Morgan fingerprint density at radius 2 is 1.76 bits per heavy atom. The van der Waals surface area contributed by atoms with Gasteiger partial charge in [-0.15, -0.1) is 0 Å². The Morgan fingerprint density at radius 3 is 2.38 bits per heavy atom. The third-order valence-corrected chi connectivity index (χ3v) is 5.02. The molecule has 1 atom stereocenters. The molecule has 0 bridgehead atoms. The number of nitrogens with zero attached hydrogens (tertiary/aromatic N) is 2. The molecule has 29 heavy (non-hydrogen) atoms. The second-order valence-electron chi connectivity index (χ2n) is 7.00. The summed E-state index contributed by atoms with van der Waals surface area (Å²) in [5.74, 6) is -0.760. The van der Waals surface area contributed by atoms with Crippen molar-refractivity contribution < 1.29 is 18.4 Å². The van der Waals surface area contributed by atoms with E-state index in [2.05, 4.69) is 20.4 Å². The molecule has 1 fully saturated rings. The van der Waals surface area contributed by atoms with Crippen LogP contribution in [0.1, 0.15) is 25.1 Å². The number of rotatable bonds is 7. The largest absolute Gasteiger partial charge is 0.468 e. The summed E-state index contributed by atoms with van der Waals surface area (Å²) in [7, 11) is 0. The molecular weight excluding hydrogens is 375 g/mol. The van der Waals surface area contributed by atoms with E-state index in [1.165, 1.54) is 12.1 Å². The molecule has 1 aliphatic rings. The Morgan fingerprint density at radius 1 is 1.07 bits per heavy atom. The summed E-state index contributed by atoms with van der Waals surface area (Å²) in [5, 5.41) is 5.29. The van der Waals surface area contributed by atoms with Gasteiger partial charge in [-0.1, -0.05) is 6.92 Å². The van der Waals surface area contributed by atoms with Gasteiger partial charge >= 0.3 is 11.8 Å². The maximum absolute atomic E-state index is 13.2. The number of hydrogen-bond acceptors (Lipinski definition) is 5. The minimum absolute atomic E-state index is 0.164. The van der Waals surface area contributed by atoms with Gasteiger partial charge in [0.1, 0.15) is 11.6 Å². The van der Waals surface area contributed by atoms with E-state index in [4.69, 9.17) is 4.42 Å². The lowest BCUT2D eigenvalue weighted by atomic mass is 10.1. The van der Waals surface area contributed by atoms with Gasteiger partial charge in [-0.05, 0) is 42.8 Å². The highest BCUT2D eigenvalue weighted by Crippen LogP contribution is 2.24. The Bertz CT molecular complexity index is 787. The van der Waals surface area contributed by atoms with Crippen molar-refractivity contribution >= 4 is 17.5 Å². The summed E-state index contributed by atoms with van der Waals surface area (Å²) in [6, 6.07) is 10.0. The molecule has 1 unspecified atom stereocenters. The first-order chi connectivity index (χ1) is 14.1. The third-order valence-electron chi connectivity index (χ3n) is 5.02. The number of benzene rings is 1. The number of amides is 2. The van der Waals surface area contributed by atoms with E-state index in [-0.39, 0.29) is 18.4 Å². The predicted octanol–water partition coefficient (Wildman–Crippen LogP) is 1.92. The van der Waals surface area contributed by atoms with Crippen molar-refractivity contribution in [2.45, 2.75) is 19.4 Å². The number of carbonyl (C=O) groups is 2. The monoisotopic (exact) mass is 402 g/mol. The zero-order chi connectivity index (χ0) is 20.6. The summed E-state index contributed by atoms with van der Waals surface area (Å²) in [5.41, 5.74) is 0.987. The number of anilines is 1. The Labute approximate surface area is 169 Å². The molecule has 0 radical (unpaired) electrons. The molecule has 1 aromatic carbocycles. The van der Waals surface area contributed by atoms with Gasteiger partial charge in [0.2, 0.25) is 0 Å². The van der Waals surface area contributed by atoms with Crippen LogP contribution in [0.4, 0.5) is 10.1 Å². The zero-order valence-electron chi connectivity index (χ0n) is 16.6. The van der Waals surface area contributed by atoms with E-state index >= 15 is 0 Å². The van der Waals surface area contributed by atoms with Crippen molar-refractivity contribution in [3.05, 3.63) is 54.2 Å². The fraction of sp³-hybridized carbons (Fsp3) is 0.429. The van der Waals surface area contributed by atoms with Crippen molar-refractivity contribution in [1.82, 2.24) is 15.5 Å². The number of piperazine rings is 1. The van der Waals surface area contributed by atoms with Crippen molar-refractivity contribution in [3.63, 3.8) is 0 Å². The van der Waals surface area contributed by atoms with Crippen LogP contribution < -0.4 is 15.5 Å². The Kier molecular flexibility index (Phi) is 7.24. The zero-order valence-corrected chi connectivity index (χ0v) is 16.6. The van der Waals surface area contributed by atoms with Gasteiger partial charge in [-0.25, -0.2) is 4.39 Å². The highest BCUT2D eigenvalue weighted by atomic mass is 19.1. The topological polar surface area (TPSA) is 77.8 Å². The average Bonchev–Trinajstić information content (AvgIpc) is 3.27. The van der Waals surface area contributed by atoms with Gasteiger partial charge in [0.05, 0.1) is 12.3 Å². The SMILES string of the molecule is CCCNC(=O)C(=O)NCC(c1ccco1)N1CCN(c2ccc(F)cc2)CC1. The number of furan rings is 1. The van der Waals surface area contributed by atoms with Crippen molar-refractivity contribution in [2.24, 2.45) is 0 Å². The predicted molar refractivity (Wildman–Crippen MR) is 108 cm³/mol. The van der Waals surface area contributed by atoms with E-state index < -0.39 is 11.8 Å². The molecule has 2 heterocycles. The Balaban J connectivity index is 1.59. The standard InChI is InChI=1S/C21H27FN4O3/c1-2-9-23-20(27)21(28)24-15-18(19-4-3-14-29-19)26-12-10-25(11-13-26)17-7-5-16(22)6-8-17/h3-8,14,18H,2,9-13,15H2,1H3,(H,23,27)(H,24,28). The van der Waals surface area contributed by atoms with Crippen LogP contribution in [0.2, 0.25) is 0 Å². The van der Waals surface area contributed by atoms with Gasteiger partial charge in [0.15, 0.2) is 0 Å². The fourth-order valence-corrected chi connectivity index (χ4v) is 3.42. The molecule has 0 aliphatic carbocycles. The minimum Gasteiger partial charge on any atom is -0.468 e. The maximum atomic E-state index is 13.2. The fourth-order valence-electron chi connectivity index (χ4n) is 3.42. The Hall–Kier alpha value is -2.87. The van der Waals surface area contributed by atoms with Gasteiger partial charge in [-0.3, -0.25) is 14.5 Å². The molecule has 2 N–H and O–H groups in total. The van der Waals surface area contributed by atoms with Crippen LogP contribution in [0, 0.1) is 5.82 Å². The van der Waals surface area contributed by atoms with Crippen LogP contribution in [0.3, 0.4) is 0 Å². The molecular formula is C21H27FN4O3. The molecule has 1 aliphatic heterocycles. The molecule has 7 nitrogen and oxygen atoms in total. The molecule has 0 spiro atoms. The second-order valence-corrected chi connectivity index (χ2v) is 7.00. The smallest absolute Gasteiger partial charge is 0.309 e. The van der Waals surface area contributed by atoms with Crippen molar-refractivity contribution in [3.8, 4) is 0 Å². The highest BCUT2D eigenvalue weighted by molar-refractivity contribution is 6.35. The molecule has 2 amide bonds. The average molecular weight is 402 g/mol. The highest BCUT2D eigenvalue weighted by Gasteiger charge is 2.28. The first-order valence-electron chi connectivity index (χ1n) is 9.92. The van der Waals surface area contributed by atoms with E-state index in [0.29, 0.717) is 6.54 Å². The van der Waals surface area contributed by atoms with Crippen LogP contribution >= 0.6 is 0 Å². The van der Waals surface area contributed by atoms with Crippen LogP contribution in [0.25, 0.3) is 0 Å². The summed E-state index contributed by atoms with van der Waals surface area (Å²) in [6.45, 7) is 5.72. The summed E-state index contributed by atoms with van der Waals surface area (Å²) < 4.78 is 18.7. The summed E-state index contributed by atoms with van der Waals surface area (Å²) in [4.78, 5) is 28.3. The summed E-state index contributed by atoms with van der Waals surface area (Å²) in [6.07, 6.45) is 2.37. The molecule has 0 saturated carbocycles. The third kappa shape index (κ3) is 5.57. The molecule has 156 valence electrons. The first kappa shape index (κ1) is 20.9. The van der Waals surface area contributed by atoms with Crippen LogP contribution in [0.15, 0.2) is 47.1 Å². The molecule has 1 saturated heterocycles. The molecule has 8 heteroatoms. The van der Waals surface area contributed by atoms with E-state index in [0.717, 1.165) is 44.0 Å². The number of nitrogens with one attached hydrogen (secondary N) is 2. The van der Waals surface area contributed by atoms with Crippen LogP contribution in [0.5, 0.6) is 0 Å². The van der Waals surface area contributed by atoms with Gasteiger partial charge < -0.3 is 20.0 Å².